The van der Waals surface area contributed by atoms with E-state index in [-0.39, 0.29) is 6.10 Å². The lowest BCUT2D eigenvalue weighted by atomic mass is 10.2. The van der Waals surface area contributed by atoms with Gasteiger partial charge in [0.25, 0.3) is 0 Å². The third kappa shape index (κ3) is 5.33. The molecule has 5 nitrogen and oxygen atoms in total. The Morgan fingerprint density at radius 2 is 1.70 bits per heavy atom. The molecule has 1 unspecified atom stereocenters. The highest BCUT2D eigenvalue weighted by atomic mass is 16.3. The number of aliphatic hydroxyl groups excluding tert-OH is 1. The first-order valence-corrected chi connectivity index (χ1v) is 7.61. The van der Waals surface area contributed by atoms with Gasteiger partial charge in [-0.15, -0.1) is 0 Å². The van der Waals surface area contributed by atoms with Crippen molar-refractivity contribution in [1.29, 1.82) is 0 Å². The van der Waals surface area contributed by atoms with Crippen LogP contribution in [-0.2, 0) is 6.42 Å². The van der Waals surface area contributed by atoms with E-state index in [1.54, 1.807) is 0 Å². The Hall–Kier alpha value is -1.36. The van der Waals surface area contributed by atoms with Gasteiger partial charge in [-0.2, -0.15) is 0 Å². The molecule has 0 aromatic carbocycles. The molecule has 5 heteroatoms. The monoisotopic (exact) mass is 280 g/mol. The maximum absolute atomic E-state index is 9.26. The van der Waals surface area contributed by atoms with Crippen molar-refractivity contribution in [3.63, 3.8) is 0 Å². The normalized spacial score (nSPS) is 12.2. The van der Waals surface area contributed by atoms with Crippen molar-refractivity contribution in [2.24, 2.45) is 0 Å². The summed E-state index contributed by atoms with van der Waals surface area (Å²) in [5.41, 5.74) is 1.06. The molecule has 1 heterocycles. The largest absolute Gasteiger partial charge is 0.393 e. The summed E-state index contributed by atoms with van der Waals surface area (Å²) in [5.74, 6) is 2.69. The fourth-order valence-electron chi connectivity index (χ4n) is 1.91. The van der Waals surface area contributed by atoms with E-state index < -0.39 is 0 Å². The van der Waals surface area contributed by atoms with Crippen LogP contribution in [0.15, 0.2) is 0 Å². The molecule has 0 spiro atoms. The van der Waals surface area contributed by atoms with Gasteiger partial charge in [0.2, 0.25) is 0 Å². The van der Waals surface area contributed by atoms with Gasteiger partial charge in [0, 0.05) is 25.1 Å². The van der Waals surface area contributed by atoms with Crippen molar-refractivity contribution in [3.05, 3.63) is 11.4 Å². The van der Waals surface area contributed by atoms with Gasteiger partial charge in [0.1, 0.15) is 17.5 Å². The summed E-state index contributed by atoms with van der Waals surface area (Å²) < 4.78 is 0. The van der Waals surface area contributed by atoms with Crippen molar-refractivity contribution in [3.8, 4) is 0 Å². The van der Waals surface area contributed by atoms with E-state index >= 15 is 0 Å². The maximum Gasteiger partial charge on any atom is 0.134 e. The predicted molar refractivity (Wildman–Crippen MR) is 84.3 cm³/mol. The number of rotatable bonds is 9. The molecule has 0 bridgehead atoms. The summed E-state index contributed by atoms with van der Waals surface area (Å²) in [7, 11) is 0. The van der Waals surface area contributed by atoms with E-state index in [0.29, 0.717) is 0 Å². The lowest BCUT2D eigenvalue weighted by Crippen LogP contribution is -2.13. The fourth-order valence-corrected chi connectivity index (χ4v) is 1.91. The van der Waals surface area contributed by atoms with Gasteiger partial charge in [0.05, 0.1) is 6.10 Å². The van der Waals surface area contributed by atoms with Crippen LogP contribution in [0.5, 0.6) is 0 Å². The van der Waals surface area contributed by atoms with Crippen LogP contribution in [0.4, 0.5) is 11.6 Å². The number of anilines is 2. The molecule has 0 amide bonds. The number of aryl methyl sites for hydroxylation is 1. The summed E-state index contributed by atoms with van der Waals surface area (Å²) in [6.45, 7) is 9.79. The maximum atomic E-state index is 9.26. The molecule has 0 aliphatic heterocycles. The minimum Gasteiger partial charge on any atom is -0.393 e. The number of nitrogens with one attached hydrogen (secondary N) is 2. The Morgan fingerprint density at radius 1 is 1.10 bits per heavy atom. The zero-order chi connectivity index (χ0) is 15.0. The summed E-state index contributed by atoms with van der Waals surface area (Å²) in [5, 5.41) is 16.0. The average Bonchev–Trinajstić information content (AvgIpc) is 2.43. The molecule has 1 atom stereocenters. The molecule has 0 saturated carbocycles. The third-order valence-corrected chi connectivity index (χ3v) is 3.14. The van der Waals surface area contributed by atoms with Gasteiger partial charge in [-0.3, -0.25) is 0 Å². The lowest BCUT2D eigenvalue weighted by Gasteiger charge is -2.15. The van der Waals surface area contributed by atoms with E-state index in [4.69, 9.17) is 0 Å². The van der Waals surface area contributed by atoms with E-state index in [1.807, 2.05) is 13.8 Å². The number of hydrogen-bond acceptors (Lipinski definition) is 5. The van der Waals surface area contributed by atoms with Crippen LogP contribution in [-0.4, -0.2) is 34.3 Å². The summed E-state index contributed by atoms with van der Waals surface area (Å²) >= 11 is 0. The number of aromatic nitrogens is 2. The molecule has 3 N–H and O–H groups in total. The second-order valence-electron chi connectivity index (χ2n) is 5.16. The number of hydrogen-bond donors (Lipinski definition) is 3. The van der Waals surface area contributed by atoms with Crippen molar-refractivity contribution in [2.75, 3.05) is 23.7 Å². The highest BCUT2D eigenvalue weighted by molar-refractivity contribution is 5.57. The molecule has 0 aliphatic rings. The Bertz CT molecular complexity index is 407. The van der Waals surface area contributed by atoms with Gasteiger partial charge >= 0.3 is 0 Å². The second-order valence-corrected chi connectivity index (χ2v) is 5.16. The number of aliphatic hydroxyl groups is 1. The van der Waals surface area contributed by atoms with Gasteiger partial charge in [0.15, 0.2) is 0 Å². The Morgan fingerprint density at radius 3 is 2.20 bits per heavy atom. The zero-order valence-corrected chi connectivity index (χ0v) is 13.2. The molecule has 1 aromatic heterocycles. The van der Waals surface area contributed by atoms with Crippen LogP contribution in [0.25, 0.3) is 0 Å². The average molecular weight is 280 g/mol. The smallest absolute Gasteiger partial charge is 0.134 e. The van der Waals surface area contributed by atoms with Crippen LogP contribution >= 0.6 is 0 Å². The molecule has 0 saturated heterocycles. The van der Waals surface area contributed by atoms with E-state index in [0.717, 1.165) is 61.8 Å². The molecular formula is C15H28N4O. The Kier molecular flexibility index (Phi) is 7.30. The van der Waals surface area contributed by atoms with E-state index in [1.165, 1.54) is 0 Å². The Labute approximate surface area is 122 Å². The first kappa shape index (κ1) is 16.7. The van der Waals surface area contributed by atoms with Crippen LogP contribution in [0.2, 0.25) is 0 Å². The van der Waals surface area contributed by atoms with Crippen molar-refractivity contribution < 1.29 is 5.11 Å². The summed E-state index contributed by atoms with van der Waals surface area (Å²) in [4.78, 5) is 9.09. The SMILES string of the molecule is CCCNc1nc(CC)nc(NCCCC(C)O)c1C. The minimum atomic E-state index is -0.240. The predicted octanol–water partition coefficient (Wildman–Crippen LogP) is 2.74. The highest BCUT2D eigenvalue weighted by Crippen LogP contribution is 2.20. The highest BCUT2D eigenvalue weighted by Gasteiger charge is 2.09. The van der Waals surface area contributed by atoms with Crippen LogP contribution in [0, 0.1) is 6.92 Å². The van der Waals surface area contributed by atoms with Crippen molar-refractivity contribution in [2.45, 2.75) is 59.5 Å². The van der Waals surface area contributed by atoms with E-state index in [9.17, 15) is 5.11 Å². The third-order valence-electron chi connectivity index (χ3n) is 3.14. The van der Waals surface area contributed by atoms with Gasteiger partial charge in [-0.25, -0.2) is 9.97 Å². The van der Waals surface area contributed by atoms with Gasteiger partial charge in [-0.05, 0) is 33.1 Å². The molecular weight excluding hydrogens is 252 g/mol. The first-order valence-electron chi connectivity index (χ1n) is 7.61. The van der Waals surface area contributed by atoms with Crippen LogP contribution < -0.4 is 10.6 Å². The topological polar surface area (TPSA) is 70.1 Å². The molecule has 0 radical (unpaired) electrons. The van der Waals surface area contributed by atoms with Crippen LogP contribution in [0.1, 0.15) is 51.4 Å². The first-order chi connectivity index (χ1) is 9.58. The van der Waals surface area contributed by atoms with Gasteiger partial charge < -0.3 is 15.7 Å². The second kappa shape index (κ2) is 8.74. The van der Waals surface area contributed by atoms with Gasteiger partial charge in [-0.1, -0.05) is 13.8 Å². The number of nitrogens with zero attached hydrogens (tertiary/aromatic N) is 2. The fraction of sp³-hybridized carbons (Fsp3) is 0.733. The molecule has 0 aliphatic carbocycles. The van der Waals surface area contributed by atoms with Crippen LogP contribution in [0.3, 0.4) is 0 Å². The quantitative estimate of drug-likeness (QED) is 0.607. The van der Waals surface area contributed by atoms with E-state index in [2.05, 4.69) is 34.4 Å². The summed E-state index contributed by atoms with van der Waals surface area (Å²) in [6, 6.07) is 0. The molecule has 1 rings (SSSR count). The molecule has 0 fully saturated rings. The molecule has 114 valence electrons. The molecule has 1 aromatic rings. The molecule has 20 heavy (non-hydrogen) atoms. The van der Waals surface area contributed by atoms with Crippen molar-refractivity contribution in [1.82, 2.24) is 9.97 Å². The Balaban J connectivity index is 2.72. The van der Waals surface area contributed by atoms with Crippen molar-refractivity contribution >= 4 is 11.6 Å². The zero-order valence-electron chi connectivity index (χ0n) is 13.2. The minimum absolute atomic E-state index is 0.240. The standard InChI is InChI=1S/C15H28N4O/c1-5-9-16-14-12(4)15(19-13(6-2)18-14)17-10-7-8-11(3)20/h11,20H,5-10H2,1-4H3,(H2,16,17,18,19). The summed E-state index contributed by atoms with van der Waals surface area (Å²) in [6.07, 6.45) is 3.39. The lowest BCUT2D eigenvalue weighted by molar-refractivity contribution is 0.183.